The maximum Gasteiger partial charge on any atom is 0.256 e. The van der Waals surface area contributed by atoms with Crippen LogP contribution < -0.4 is 5.32 Å². The number of amides is 2. The highest BCUT2D eigenvalue weighted by atomic mass is 35.5. The molecule has 0 aliphatic carbocycles. The standard InChI is InChI=1S/C32H34Cl2N4O4S/c1-19-29(35-20(2)30(19)32(40)38-14-6-7-21(38)17-37-12-3-4-13-37)16-24-23-15-22(10-11-28(23)36-31(24)39)43(41,42)18-25-26(33)8-5-9-27(25)34/h5,8-11,15-16,21,35H,3-4,6-7,12-14,17-18H2,1-2H3,(H,36,39)/b24-16+/t21-/m1/s1. The summed E-state index contributed by atoms with van der Waals surface area (Å²) in [5, 5.41) is 3.37. The van der Waals surface area contributed by atoms with E-state index in [-0.39, 0.29) is 38.5 Å². The number of anilines is 1. The predicted molar refractivity (Wildman–Crippen MR) is 170 cm³/mol. The fraction of sp³-hybridized carbons (Fsp3) is 0.375. The number of nitrogens with one attached hydrogen (secondary N) is 2. The number of likely N-dealkylation sites (tertiary alicyclic amines) is 2. The molecule has 0 unspecified atom stereocenters. The number of nitrogens with zero attached hydrogens (tertiary/aromatic N) is 2. The van der Waals surface area contributed by atoms with Crippen LogP contribution >= 0.6 is 23.2 Å². The van der Waals surface area contributed by atoms with E-state index in [1.54, 1.807) is 30.3 Å². The molecule has 1 aromatic heterocycles. The van der Waals surface area contributed by atoms with Crippen LogP contribution in [0.3, 0.4) is 0 Å². The van der Waals surface area contributed by atoms with Crippen LogP contribution in [-0.4, -0.2) is 67.2 Å². The number of halogens is 2. The number of rotatable bonds is 7. The second-order valence-corrected chi connectivity index (χ2v) is 14.4. The second-order valence-electron chi connectivity index (χ2n) is 11.6. The molecule has 4 heterocycles. The summed E-state index contributed by atoms with van der Waals surface area (Å²) in [4.78, 5) is 34.7. The number of aromatic amines is 1. The van der Waals surface area contributed by atoms with Gasteiger partial charge in [0.25, 0.3) is 11.8 Å². The van der Waals surface area contributed by atoms with Crippen LogP contribution in [0.4, 0.5) is 5.69 Å². The lowest BCUT2D eigenvalue weighted by atomic mass is 10.0. The lowest BCUT2D eigenvalue weighted by Crippen LogP contribution is -2.42. The molecule has 3 aliphatic heterocycles. The maximum absolute atomic E-state index is 13.8. The Bertz CT molecular complexity index is 1740. The molecule has 3 aliphatic rings. The maximum atomic E-state index is 13.8. The lowest BCUT2D eigenvalue weighted by Gasteiger charge is -2.28. The van der Waals surface area contributed by atoms with Crippen molar-refractivity contribution in [3.63, 3.8) is 0 Å². The van der Waals surface area contributed by atoms with E-state index in [1.165, 1.54) is 25.0 Å². The van der Waals surface area contributed by atoms with Crippen LogP contribution in [0.1, 0.15) is 64.1 Å². The molecule has 0 radical (unpaired) electrons. The average Bonchev–Trinajstić information content (AvgIpc) is 3.75. The summed E-state index contributed by atoms with van der Waals surface area (Å²) in [5.74, 6) is -0.704. The molecule has 0 spiro atoms. The van der Waals surface area contributed by atoms with Crippen LogP contribution in [0.15, 0.2) is 41.3 Å². The van der Waals surface area contributed by atoms with E-state index in [0.29, 0.717) is 33.6 Å². The Hall–Kier alpha value is -3.11. The van der Waals surface area contributed by atoms with E-state index in [1.807, 2.05) is 18.7 Å². The highest BCUT2D eigenvalue weighted by Gasteiger charge is 2.34. The van der Waals surface area contributed by atoms with Gasteiger partial charge < -0.3 is 20.1 Å². The van der Waals surface area contributed by atoms with Crippen molar-refractivity contribution in [2.24, 2.45) is 0 Å². The van der Waals surface area contributed by atoms with Gasteiger partial charge in [0.1, 0.15) is 0 Å². The monoisotopic (exact) mass is 640 g/mol. The van der Waals surface area contributed by atoms with Gasteiger partial charge in [-0.2, -0.15) is 0 Å². The van der Waals surface area contributed by atoms with Gasteiger partial charge in [0.2, 0.25) is 0 Å². The number of hydrogen-bond acceptors (Lipinski definition) is 5. The number of sulfone groups is 1. The van der Waals surface area contributed by atoms with Crippen molar-refractivity contribution in [2.75, 3.05) is 31.5 Å². The molecule has 3 aromatic rings. The molecule has 2 amide bonds. The smallest absolute Gasteiger partial charge is 0.256 e. The first-order chi connectivity index (χ1) is 20.5. The lowest BCUT2D eigenvalue weighted by molar-refractivity contribution is -0.110. The molecule has 2 N–H and O–H groups in total. The highest BCUT2D eigenvalue weighted by molar-refractivity contribution is 7.90. The zero-order valence-electron chi connectivity index (χ0n) is 24.2. The number of H-pyrrole nitrogens is 1. The first-order valence-corrected chi connectivity index (χ1v) is 17.0. The molecular formula is C32H34Cl2N4O4S. The number of carbonyl (C=O) groups excluding carboxylic acids is 2. The summed E-state index contributed by atoms with van der Waals surface area (Å²) in [6.45, 7) is 7.61. The summed E-state index contributed by atoms with van der Waals surface area (Å²) in [6.07, 6.45) is 6.14. The van der Waals surface area contributed by atoms with Gasteiger partial charge in [-0.05, 0) is 94.6 Å². The van der Waals surface area contributed by atoms with Gasteiger partial charge in [-0.25, -0.2) is 8.42 Å². The Labute approximate surface area is 262 Å². The first kappa shape index (κ1) is 29.9. The molecule has 0 bridgehead atoms. The van der Waals surface area contributed by atoms with E-state index < -0.39 is 9.84 Å². The van der Waals surface area contributed by atoms with E-state index in [9.17, 15) is 18.0 Å². The van der Waals surface area contributed by atoms with Crippen molar-refractivity contribution >= 4 is 62.2 Å². The number of aromatic nitrogens is 1. The summed E-state index contributed by atoms with van der Waals surface area (Å²) in [6, 6.07) is 9.62. The van der Waals surface area contributed by atoms with E-state index >= 15 is 0 Å². The van der Waals surface area contributed by atoms with Gasteiger partial charge in [-0.3, -0.25) is 9.59 Å². The van der Waals surface area contributed by atoms with Crippen LogP contribution in [0.5, 0.6) is 0 Å². The van der Waals surface area contributed by atoms with Crippen molar-refractivity contribution in [3.05, 3.63) is 80.1 Å². The second kappa shape index (κ2) is 11.8. The van der Waals surface area contributed by atoms with Crippen molar-refractivity contribution in [3.8, 4) is 0 Å². The topological polar surface area (TPSA) is 103 Å². The molecule has 1 atom stereocenters. The fourth-order valence-corrected chi connectivity index (χ4v) is 8.65. The zero-order chi connectivity index (χ0) is 30.5. The van der Waals surface area contributed by atoms with Gasteiger partial charge in [0.15, 0.2) is 9.84 Å². The third-order valence-electron chi connectivity index (χ3n) is 8.81. The van der Waals surface area contributed by atoms with Crippen molar-refractivity contribution < 1.29 is 18.0 Å². The molecule has 8 nitrogen and oxygen atoms in total. The Morgan fingerprint density at radius 1 is 1.05 bits per heavy atom. The summed E-state index contributed by atoms with van der Waals surface area (Å²) < 4.78 is 26.8. The van der Waals surface area contributed by atoms with E-state index in [2.05, 4.69) is 15.2 Å². The summed E-state index contributed by atoms with van der Waals surface area (Å²) in [7, 11) is -3.84. The van der Waals surface area contributed by atoms with Crippen LogP contribution in [0.2, 0.25) is 10.0 Å². The molecule has 11 heteroatoms. The normalized spacial score (nSPS) is 19.8. The molecule has 226 valence electrons. The number of carbonyl (C=O) groups is 2. The van der Waals surface area contributed by atoms with Gasteiger partial charge in [0, 0.05) is 57.4 Å². The van der Waals surface area contributed by atoms with Crippen LogP contribution in [0, 0.1) is 13.8 Å². The Morgan fingerprint density at radius 3 is 2.49 bits per heavy atom. The van der Waals surface area contributed by atoms with Crippen molar-refractivity contribution in [2.45, 2.75) is 56.2 Å². The predicted octanol–water partition coefficient (Wildman–Crippen LogP) is 6.11. The molecule has 2 aromatic carbocycles. The number of hydrogen-bond donors (Lipinski definition) is 2. The fourth-order valence-electron chi connectivity index (χ4n) is 6.53. The minimum Gasteiger partial charge on any atom is -0.358 e. The van der Waals surface area contributed by atoms with E-state index in [0.717, 1.165) is 50.3 Å². The summed E-state index contributed by atoms with van der Waals surface area (Å²) >= 11 is 12.5. The zero-order valence-corrected chi connectivity index (χ0v) is 26.5. The molecule has 6 rings (SSSR count). The van der Waals surface area contributed by atoms with E-state index in [4.69, 9.17) is 23.2 Å². The number of fused-ring (bicyclic) bond motifs is 1. The average molecular weight is 642 g/mol. The quantitative estimate of drug-likeness (QED) is 0.304. The number of aryl methyl sites for hydroxylation is 1. The largest absolute Gasteiger partial charge is 0.358 e. The van der Waals surface area contributed by atoms with Gasteiger partial charge in [-0.1, -0.05) is 29.3 Å². The van der Waals surface area contributed by atoms with Crippen molar-refractivity contribution in [1.29, 1.82) is 0 Å². The Morgan fingerprint density at radius 2 is 1.77 bits per heavy atom. The van der Waals surface area contributed by atoms with Gasteiger partial charge >= 0.3 is 0 Å². The SMILES string of the molecule is Cc1[nH]c(/C=C2/C(=O)Nc3ccc(S(=O)(=O)Cc4c(Cl)cccc4Cl)cc32)c(C)c1C(=O)N1CCC[C@@H]1CN1CCCC1. The third-order valence-corrected chi connectivity index (χ3v) is 11.2. The van der Waals surface area contributed by atoms with Gasteiger partial charge in [0.05, 0.1) is 21.8 Å². The minimum absolute atomic E-state index is 0.0143. The molecule has 0 saturated carbocycles. The third kappa shape index (κ3) is 5.76. The van der Waals surface area contributed by atoms with Crippen LogP contribution in [-0.2, 0) is 20.4 Å². The Kier molecular flexibility index (Phi) is 8.19. The molecular weight excluding hydrogens is 607 g/mol. The molecule has 2 saturated heterocycles. The van der Waals surface area contributed by atoms with Crippen molar-refractivity contribution in [1.82, 2.24) is 14.8 Å². The number of benzene rings is 2. The first-order valence-electron chi connectivity index (χ1n) is 14.6. The molecule has 2 fully saturated rings. The Balaban J connectivity index is 1.29. The van der Waals surface area contributed by atoms with Crippen LogP contribution in [0.25, 0.3) is 11.6 Å². The van der Waals surface area contributed by atoms with Gasteiger partial charge in [-0.15, -0.1) is 0 Å². The minimum atomic E-state index is -3.84. The highest BCUT2D eigenvalue weighted by Crippen LogP contribution is 2.37. The summed E-state index contributed by atoms with van der Waals surface area (Å²) in [5.41, 5.74) is 4.42. The molecule has 43 heavy (non-hydrogen) atoms.